The van der Waals surface area contributed by atoms with Gasteiger partial charge in [0.05, 0.1) is 11.6 Å². The van der Waals surface area contributed by atoms with E-state index in [0.717, 1.165) is 5.75 Å². The summed E-state index contributed by atoms with van der Waals surface area (Å²) in [5, 5.41) is 0.584. The fourth-order valence-electron chi connectivity index (χ4n) is 1.34. The van der Waals surface area contributed by atoms with Crippen LogP contribution in [0.5, 0.6) is 17.4 Å². The molecule has 0 saturated carbocycles. The van der Waals surface area contributed by atoms with Crippen molar-refractivity contribution >= 4 is 11.6 Å². The van der Waals surface area contributed by atoms with Crippen molar-refractivity contribution in [1.82, 2.24) is 4.98 Å². The van der Waals surface area contributed by atoms with Crippen LogP contribution < -0.4 is 9.47 Å². The standard InChI is InChI=1S/C13H12ClNO2/c1-2-16-11-4-3-5-12(8-11)17-13-7-6-10(14)9-15-13/h3-9H,2H2,1H3. The quantitative estimate of drug-likeness (QED) is 0.823. The third-order valence-corrected chi connectivity index (χ3v) is 2.26. The summed E-state index contributed by atoms with van der Waals surface area (Å²) in [4.78, 5) is 4.05. The predicted molar refractivity (Wildman–Crippen MR) is 66.9 cm³/mol. The minimum Gasteiger partial charge on any atom is -0.494 e. The Morgan fingerprint density at radius 3 is 2.71 bits per heavy atom. The molecule has 0 radical (unpaired) electrons. The zero-order valence-corrected chi connectivity index (χ0v) is 10.1. The molecule has 88 valence electrons. The van der Waals surface area contributed by atoms with Gasteiger partial charge in [-0.2, -0.15) is 0 Å². The summed E-state index contributed by atoms with van der Waals surface area (Å²) in [7, 11) is 0. The molecule has 1 aromatic carbocycles. The van der Waals surface area contributed by atoms with Gasteiger partial charge in [-0.25, -0.2) is 4.98 Å². The Balaban J connectivity index is 2.12. The first-order valence-corrected chi connectivity index (χ1v) is 5.68. The van der Waals surface area contributed by atoms with E-state index in [-0.39, 0.29) is 0 Å². The molecular weight excluding hydrogens is 238 g/mol. The number of benzene rings is 1. The van der Waals surface area contributed by atoms with E-state index < -0.39 is 0 Å². The largest absolute Gasteiger partial charge is 0.494 e. The number of nitrogens with zero attached hydrogens (tertiary/aromatic N) is 1. The van der Waals surface area contributed by atoms with E-state index in [0.29, 0.717) is 23.3 Å². The van der Waals surface area contributed by atoms with Crippen LogP contribution in [0.25, 0.3) is 0 Å². The fraction of sp³-hybridized carbons (Fsp3) is 0.154. The third-order valence-electron chi connectivity index (χ3n) is 2.04. The van der Waals surface area contributed by atoms with E-state index in [2.05, 4.69) is 4.98 Å². The summed E-state index contributed by atoms with van der Waals surface area (Å²) >= 11 is 5.74. The maximum atomic E-state index is 5.74. The number of hydrogen-bond acceptors (Lipinski definition) is 3. The third kappa shape index (κ3) is 3.36. The molecule has 0 aliphatic heterocycles. The average molecular weight is 250 g/mol. The molecule has 0 unspecified atom stereocenters. The number of ether oxygens (including phenoxy) is 2. The van der Waals surface area contributed by atoms with Crippen molar-refractivity contribution in [3.05, 3.63) is 47.6 Å². The van der Waals surface area contributed by atoms with E-state index in [9.17, 15) is 0 Å². The lowest BCUT2D eigenvalue weighted by Gasteiger charge is -2.07. The van der Waals surface area contributed by atoms with Crippen LogP contribution in [-0.4, -0.2) is 11.6 Å². The molecule has 0 aliphatic carbocycles. The lowest BCUT2D eigenvalue weighted by atomic mass is 10.3. The maximum Gasteiger partial charge on any atom is 0.219 e. The van der Waals surface area contributed by atoms with Crippen LogP contribution >= 0.6 is 11.6 Å². The van der Waals surface area contributed by atoms with Crippen molar-refractivity contribution in [3.63, 3.8) is 0 Å². The van der Waals surface area contributed by atoms with Gasteiger partial charge in [0.25, 0.3) is 0 Å². The van der Waals surface area contributed by atoms with Gasteiger partial charge in [0.1, 0.15) is 11.5 Å². The van der Waals surface area contributed by atoms with Gasteiger partial charge < -0.3 is 9.47 Å². The summed E-state index contributed by atoms with van der Waals surface area (Å²) in [5.41, 5.74) is 0. The smallest absolute Gasteiger partial charge is 0.219 e. The van der Waals surface area contributed by atoms with Crippen LogP contribution in [0.2, 0.25) is 5.02 Å². The highest BCUT2D eigenvalue weighted by Gasteiger charge is 2.00. The molecule has 4 heteroatoms. The Labute approximate surface area is 105 Å². The van der Waals surface area contributed by atoms with Crippen LogP contribution in [0.1, 0.15) is 6.92 Å². The van der Waals surface area contributed by atoms with E-state index >= 15 is 0 Å². The van der Waals surface area contributed by atoms with E-state index in [1.54, 1.807) is 18.3 Å². The van der Waals surface area contributed by atoms with Gasteiger partial charge in [-0.05, 0) is 25.1 Å². The van der Waals surface area contributed by atoms with Crippen molar-refractivity contribution in [2.45, 2.75) is 6.92 Å². The molecule has 1 heterocycles. The predicted octanol–water partition coefficient (Wildman–Crippen LogP) is 3.93. The van der Waals surface area contributed by atoms with Crippen LogP contribution in [0.15, 0.2) is 42.6 Å². The zero-order chi connectivity index (χ0) is 12.1. The normalized spacial score (nSPS) is 10.0. The Morgan fingerprint density at radius 2 is 2.00 bits per heavy atom. The van der Waals surface area contributed by atoms with Crippen LogP contribution in [0.3, 0.4) is 0 Å². The SMILES string of the molecule is CCOc1cccc(Oc2ccc(Cl)cn2)c1. The highest BCUT2D eigenvalue weighted by Crippen LogP contribution is 2.24. The van der Waals surface area contributed by atoms with Crippen molar-refractivity contribution in [3.8, 4) is 17.4 Å². The van der Waals surface area contributed by atoms with E-state index in [1.807, 2.05) is 31.2 Å². The number of rotatable bonds is 4. The Hall–Kier alpha value is -1.74. The van der Waals surface area contributed by atoms with Crippen LogP contribution in [0, 0.1) is 0 Å². The van der Waals surface area contributed by atoms with Crippen LogP contribution in [-0.2, 0) is 0 Å². The first-order chi connectivity index (χ1) is 8.28. The summed E-state index contributed by atoms with van der Waals surface area (Å²) < 4.78 is 11.0. The minimum atomic E-state index is 0.503. The Bertz CT molecular complexity index is 485. The number of halogens is 1. The highest BCUT2D eigenvalue weighted by molar-refractivity contribution is 6.30. The summed E-state index contributed by atoms with van der Waals surface area (Å²) in [5.74, 6) is 1.97. The first kappa shape index (κ1) is 11.7. The highest BCUT2D eigenvalue weighted by atomic mass is 35.5. The second-order valence-corrected chi connectivity index (χ2v) is 3.76. The molecule has 0 atom stereocenters. The van der Waals surface area contributed by atoms with Gasteiger partial charge in [-0.15, -0.1) is 0 Å². The van der Waals surface area contributed by atoms with E-state index in [1.165, 1.54) is 0 Å². The summed E-state index contributed by atoms with van der Waals surface area (Å²) in [6, 6.07) is 10.9. The second-order valence-electron chi connectivity index (χ2n) is 3.32. The minimum absolute atomic E-state index is 0.503. The van der Waals surface area contributed by atoms with Gasteiger partial charge in [0.2, 0.25) is 5.88 Å². The molecule has 2 rings (SSSR count). The fourth-order valence-corrected chi connectivity index (χ4v) is 1.45. The van der Waals surface area contributed by atoms with Crippen molar-refractivity contribution in [2.75, 3.05) is 6.61 Å². The molecule has 3 nitrogen and oxygen atoms in total. The second kappa shape index (κ2) is 5.55. The number of hydrogen-bond donors (Lipinski definition) is 0. The number of aromatic nitrogens is 1. The van der Waals surface area contributed by atoms with Crippen molar-refractivity contribution < 1.29 is 9.47 Å². The van der Waals surface area contributed by atoms with Gasteiger partial charge in [-0.1, -0.05) is 17.7 Å². The molecule has 1 aromatic heterocycles. The monoisotopic (exact) mass is 249 g/mol. The molecule has 0 amide bonds. The Kier molecular flexibility index (Phi) is 3.83. The van der Waals surface area contributed by atoms with Crippen molar-refractivity contribution in [1.29, 1.82) is 0 Å². The lowest BCUT2D eigenvalue weighted by Crippen LogP contribution is -1.92. The molecule has 0 saturated heterocycles. The van der Waals surface area contributed by atoms with Gasteiger partial charge in [-0.3, -0.25) is 0 Å². The molecular formula is C13H12ClNO2. The molecule has 0 aliphatic rings. The lowest BCUT2D eigenvalue weighted by molar-refractivity contribution is 0.338. The van der Waals surface area contributed by atoms with E-state index in [4.69, 9.17) is 21.1 Å². The summed E-state index contributed by atoms with van der Waals surface area (Å²) in [6.45, 7) is 2.57. The average Bonchev–Trinajstić information content (AvgIpc) is 2.33. The van der Waals surface area contributed by atoms with Gasteiger partial charge in [0, 0.05) is 18.3 Å². The molecule has 0 spiro atoms. The first-order valence-electron chi connectivity index (χ1n) is 5.30. The topological polar surface area (TPSA) is 31.4 Å². The van der Waals surface area contributed by atoms with Crippen LogP contribution in [0.4, 0.5) is 0 Å². The number of pyridine rings is 1. The molecule has 0 fully saturated rings. The zero-order valence-electron chi connectivity index (χ0n) is 9.39. The maximum absolute atomic E-state index is 5.74. The molecule has 0 N–H and O–H groups in total. The molecule has 2 aromatic rings. The van der Waals surface area contributed by atoms with Gasteiger partial charge in [0.15, 0.2) is 0 Å². The van der Waals surface area contributed by atoms with Gasteiger partial charge >= 0.3 is 0 Å². The molecule has 17 heavy (non-hydrogen) atoms. The molecule has 0 bridgehead atoms. The summed E-state index contributed by atoms with van der Waals surface area (Å²) in [6.07, 6.45) is 1.54. The Morgan fingerprint density at radius 1 is 1.18 bits per heavy atom. The van der Waals surface area contributed by atoms with Crippen molar-refractivity contribution in [2.24, 2.45) is 0 Å².